The molecule has 0 bridgehead atoms. The number of dihydropyridines is 2. The number of hydrogen-bond acceptors (Lipinski definition) is 5. The minimum absolute atomic E-state index is 0.0508. The average Bonchev–Trinajstić information content (AvgIpc) is 4.15. The third-order valence-corrected chi connectivity index (χ3v) is 16.7. The van der Waals surface area contributed by atoms with Crippen molar-refractivity contribution in [2.45, 2.75) is 91.9 Å². The van der Waals surface area contributed by atoms with Crippen LogP contribution in [-0.4, -0.2) is 17.3 Å². The van der Waals surface area contributed by atoms with Gasteiger partial charge in [0.2, 0.25) is 0 Å². The van der Waals surface area contributed by atoms with E-state index in [0.29, 0.717) is 35.1 Å². The summed E-state index contributed by atoms with van der Waals surface area (Å²) in [6.07, 6.45) is 30.5. The van der Waals surface area contributed by atoms with Gasteiger partial charge in [0.25, 0.3) is 0 Å². The Bertz CT molecular complexity index is 2710. The second-order valence-electron chi connectivity index (χ2n) is 20.3. The number of hydrogen-bond donors (Lipinski definition) is 2. The highest BCUT2D eigenvalue weighted by Crippen LogP contribution is 2.64. The normalized spacial score (nSPS) is 25.0. The van der Waals surface area contributed by atoms with Crippen LogP contribution in [0.15, 0.2) is 181 Å². The summed E-state index contributed by atoms with van der Waals surface area (Å²) in [5.41, 5.74) is 10.7. The molecule has 4 aromatic carbocycles. The number of rotatable bonds is 12. The van der Waals surface area contributed by atoms with Gasteiger partial charge in [0.05, 0.1) is 10.8 Å². The first-order valence-electron chi connectivity index (χ1n) is 25.1. The third-order valence-electron chi connectivity index (χ3n) is 16.7. The molecule has 2 heterocycles. The molecule has 0 aromatic heterocycles. The van der Waals surface area contributed by atoms with Gasteiger partial charge < -0.3 is 10.6 Å². The second kappa shape index (κ2) is 18.8. The van der Waals surface area contributed by atoms with Crippen LogP contribution in [0, 0.1) is 62.2 Å². The van der Waals surface area contributed by atoms with Crippen LogP contribution < -0.4 is 10.6 Å². The van der Waals surface area contributed by atoms with Crippen LogP contribution in [0.3, 0.4) is 0 Å². The highest BCUT2D eigenvalue weighted by Gasteiger charge is 2.63. The van der Waals surface area contributed by atoms with Gasteiger partial charge in [-0.05, 0) is 146 Å². The van der Waals surface area contributed by atoms with E-state index in [-0.39, 0.29) is 41.0 Å². The molecule has 344 valence electrons. The fourth-order valence-corrected chi connectivity index (χ4v) is 12.9. The molecule has 0 radical (unpaired) electrons. The summed E-state index contributed by atoms with van der Waals surface area (Å²) in [6, 6.07) is 32.0. The first kappa shape index (κ1) is 45.2. The van der Waals surface area contributed by atoms with Crippen molar-refractivity contribution < 1.29 is 14.4 Å². The molecule has 4 aromatic rings. The average molecular weight is 897 g/mol. The third kappa shape index (κ3) is 7.78. The number of Topliss-reactive ketones (excluding diaryl/α,β-unsaturated/α-hetero) is 3. The molecule has 4 atom stereocenters. The standard InChI is InChI=1S/C63H64N2O3/c1-41-19-15-31-51(43(41)3)53-35-57(47-25-17-33-64-39-47)62(49-27-11-12-28-49,37-55(53)59(66)45-21-7-5-8-22-45)61(68)63(50-29-13-14-30-50)38-56(60(67)46-23-9-6-10-24-46)54(52-32-16-20-42(2)44(52)4)36-58(63)48-26-18-34-65-40-48/h5-10,15-24,31-40,49-50,57-58,64-65H,11-14,25-30H2,1-4H3. The van der Waals surface area contributed by atoms with Crippen LogP contribution >= 0.6 is 0 Å². The molecular weight excluding hydrogens is 833 g/mol. The Kier molecular flexibility index (Phi) is 12.5. The molecular formula is C63H64N2O3. The highest BCUT2D eigenvalue weighted by molar-refractivity contribution is 6.22. The van der Waals surface area contributed by atoms with Crippen molar-refractivity contribution in [1.82, 2.24) is 10.6 Å². The Hall–Kier alpha value is -6.59. The Labute approximate surface area is 403 Å². The number of benzene rings is 4. The van der Waals surface area contributed by atoms with Crippen molar-refractivity contribution >= 4 is 28.5 Å². The van der Waals surface area contributed by atoms with E-state index >= 15 is 14.4 Å². The second-order valence-corrected chi connectivity index (χ2v) is 20.3. The largest absolute Gasteiger partial charge is 0.368 e. The maximum atomic E-state index is 18.1. The molecule has 0 spiro atoms. The van der Waals surface area contributed by atoms with E-state index in [4.69, 9.17) is 0 Å². The Morgan fingerprint density at radius 2 is 0.897 bits per heavy atom. The Balaban J connectivity index is 1.32. The SMILES string of the molecule is Cc1cccc(C2=CC(C3=CNC=CC3)C(C(=O)C3(C4CCCC4)C=C(C(=O)c4ccccc4)C(c4cccc(C)c4C)=CC3C3=CNC=CC3)(C3CCCC3)C=C2C(=O)c2ccccc2)c1C. The molecule has 0 amide bonds. The van der Waals surface area contributed by atoms with Crippen LogP contribution in [0.1, 0.15) is 118 Å². The zero-order valence-corrected chi connectivity index (χ0v) is 40.1. The zero-order chi connectivity index (χ0) is 47.0. The topological polar surface area (TPSA) is 75.3 Å². The maximum absolute atomic E-state index is 18.1. The summed E-state index contributed by atoms with van der Waals surface area (Å²) in [4.78, 5) is 49.4. The van der Waals surface area contributed by atoms with Crippen molar-refractivity contribution in [3.8, 4) is 0 Å². The molecule has 2 aliphatic heterocycles. The van der Waals surface area contributed by atoms with Crippen LogP contribution in [0.25, 0.3) is 11.1 Å². The van der Waals surface area contributed by atoms with Gasteiger partial charge in [0, 0.05) is 46.5 Å². The van der Waals surface area contributed by atoms with Gasteiger partial charge >= 0.3 is 0 Å². The Morgan fingerprint density at radius 3 is 1.26 bits per heavy atom. The predicted molar refractivity (Wildman–Crippen MR) is 276 cm³/mol. The Morgan fingerprint density at radius 1 is 0.500 bits per heavy atom. The summed E-state index contributed by atoms with van der Waals surface area (Å²) in [5.74, 6) is -0.852. The molecule has 5 heteroatoms. The van der Waals surface area contributed by atoms with Gasteiger partial charge in [-0.15, -0.1) is 0 Å². The zero-order valence-electron chi connectivity index (χ0n) is 40.1. The maximum Gasteiger partial charge on any atom is 0.193 e. The highest BCUT2D eigenvalue weighted by atomic mass is 16.1. The molecule has 2 saturated carbocycles. The summed E-state index contributed by atoms with van der Waals surface area (Å²) in [5, 5.41) is 6.90. The van der Waals surface area contributed by atoms with Crippen molar-refractivity contribution in [1.29, 1.82) is 0 Å². The summed E-state index contributed by atoms with van der Waals surface area (Å²) < 4.78 is 0. The summed E-state index contributed by atoms with van der Waals surface area (Å²) >= 11 is 0. The molecule has 4 aliphatic carbocycles. The van der Waals surface area contributed by atoms with Crippen LogP contribution in [0.2, 0.25) is 0 Å². The number of nitrogens with one attached hydrogen (secondary N) is 2. The quantitative estimate of drug-likeness (QED) is 0.139. The van der Waals surface area contributed by atoms with Gasteiger partial charge in [-0.25, -0.2) is 0 Å². The van der Waals surface area contributed by atoms with Gasteiger partial charge in [-0.1, -0.05) is 159 Å². The summed E-state index contributed by atoms with van der Waals surface area (Å²) in [6.45, 7) is 8.56. The van der Waals surface area contributed by atoms with Gasteiger partial charge in [-0.2, -0.15) is 0 Å². The number of aryl methyl sites for hydroxylation is 2. The first-order chi connectivity index (χ1) is 33.1. The van der Waals surface area contributed by atoms with Crippen LogP contribution in [0.4, 0.5) is 0 Å². The molecule has 2 N–H and O–H groups in total. The van der Waals surface area contributed by atoms with Crippen molar-refractivity contribution in [3.63, 3.8) is 0 Å². The molecule has 68 heavy (non-hydrogen) atoms. The first-order valence-corrected chi connectivity index (χ1v) is 25.1. The van der Waals surface area contributed by atoms with Crippen LogP contribution in [-0.2, 0) is 4.79 Å². The smallest absolute Gasteiger partial charge is 0.193 e. The fourth-order valence-electron chi connectivity index (χ4n) is 12.9. The lowest BCUT2D eigenvalue weighted by Gasteiger charge is -2.54. The molecule has 0 saturated heterocycles. The van der Waals surface area contributed by atoms with E-state index in [0.717, 1.165) is 107 Å². The predicted octanol–water partition coefficient (Wildman–Crippen LogP) is 14.0. The lowest BCUT2D eigenvalue weighted by Crippen LogP contribution is -2.57. The van der Waals surface area contributed by atoms with E-state index in [9.17, 15) is 0 Å². The van der Waals surface area contributed by atoms with Crippen molar-refractivity contribution in [2.24, 2.45) is 34.5 Å². The lowest BCUT2D eigenvalue weighted by atomic mass is 9.46. The van der Waals surface area contributed by atoms with Gasteiger partial charge in [0.1, 0.15) is 0 Å². The molecule has 2 fully saturated rings. The van der Waals surface area contributed by atoms with E-state index in [1.165, 1.54) is 0 Å². The van der Waals surface area contributed by atoms with Crippen molar-refractivity contribution in [3.05, 3.63) is 225 Å². The van der Waals surface area contributed by atoms with Crippen LogP contribution in [0.5, 0.6) is 0 Å². The van der Waals surface area contributed by atoms with E-state index in [2.05, 4.69) is 124 Å². The van der Waals surface area contributed by atoms with Gasteiger partial charge in [-0.3, -0.25) is 14.4 Å². The minimum Gasteiger partial charge on any atom is -0.368 e. The van der Waals surface area contributed by atoms with Gasteiger partial charge in [0.15, 0.2) is 17.3 Å². The number of carbonyl (C=O) groups excluding carboxylic acids is 3. The van der Waals surface area contributed by atoms with Crippen molar-refractivity contribution in [2.75, 3.05) is 0 Å². The number of carbonyl (C=O) groups is 3. The molecule has 6 aliphatic rings. The van der Waals surface area contributed by atoms with E-state index in [1.807, 2.05) is 73.1 Å². The monoisotopic (exact) mass is 896 g/mol. The lowest BCUT2D eigenvalue weighted by molar-refractivity contribution is -0.143. The molecule has 5 nitrogen and oxygen atoms in total. The molecule has 4 unspecified atom stereocenters. The summed E-state index contributed by atoms with van der Waals surface area (Å²) in [7, 11) is 0. The number of allylic oxidation sites excluding steroid dienone is 12. The fraction of sp³-hybridized carbons (Fsp3) is 0.317. The van der Waals surface area contributed by atoms with E-state index in [1.54, 1.807) is 0 Å². The minimum atomic E-state index is -1.14. The van der Waals surface area contributed by atoms with E-state index < -0.39 is 10.8 Å². The number of ketones is 3. The molecule has 10 rings (SSSR count).